The Morgan fingerprint density at radius 3 is 2.16 bits per heavy atom. The van der Waals surface area contributed by atoms with Gasteiger partial charge in [-0.05, 0) is 61.7 Å². The molecule has 3 rings (SSSR count). The maximum atomic E-state index is 12.8. The van der Waals surface area contributed by atoms with E-state index in [1.807, 2.05) is 6.92 Å². The lowest BCUT2D eigenvalue weighted by Gasteiger charge is -2.30. The highest BCUT2D eigenvalue weighted by molar-refractivity contribution is 7.89. The summed E-state index contributed by atoms with van der Waals surface area (Å²) >= 11 is 0. The second-order valence-corrected chi connectivity index (χ2v) is 9.32. The summed E-state index contributed by atoms with van der Waals surface area (Å²) in [7, 11) is -3.68. The molecule has 32 heavy (non-hydrogen) atoms. The highest BCUT2D eigenvalue weighted by Gasteiger charge is 2.33. The number of esters is 1. The molecule has 1 heterocycles. The van der Waals surface area contributed by atoms with E-state index in [4.69, 9.17) is 9.47 Å². The van der Waals surface area contributed by atoms with Crippen LogP contribution in [-0.4, -0.2) is 38.4 Å². The molecular weight excluding hydrogens is 447 g/mol. The van der Waals surface area contributed by atoms with Crippen molar-refractivity contribution in [1.29, 1.82) is 0 Å². The van der Waals surface area contributed by atoms with Gasteiger partial charge in [-0.2, -0.15) is 17.5 Å². The molecule has 0 N–H and O–H groups in total. The van der Waals surface area contributed by atoms with Crippen molar-refractivity contribution < 1.29 is 35.9 Å². The third kappa shape index (κ3) is 5.80. The fraction of sp³-hybridized carbons (Fsp3) is 0.409. The average Bonchev–Trinajstić information content (AvgIpc) is 2.78. The van der Waals surface area contributed by atoms with Crippen LogP contribution in [0, 0.1) is 5.92 Å². The van der Waals surface area contributed by atoms with Crippen LogP contribution in [0.2, 0.25) is 0 Å². The van der Waals surface area contributed by atoms with Crippen LogP contribution < -0.4 is 4.74 Å². The van der Waals surface area contributed by atoms with Gasteiger partial charge in [0.15, 0.2) is 0 Å². The summed E-state index contributed by atoms with van der Waals surface area (Å²) in [6.45, 7) is 2.53. The number of halogens is 3. The Labute approximate surface area is 185 Å². The first-order valence-corrected chi connectivity index (χ1v) is 11.6. The minimum absolute atomic E-state index is 0.137. The molecule has 10 heteroatoms. The molecule has 1 fully saturated rings. The molecule has 0 aromatic heterocycles. The van der Waals surface area contributed by atoms with Crippen LogP contribution >= 0.6 is 0 Å². The molecular formula is C22H24F3NO5S. The lowest BCUT2D eigenvalue weighted by atomic mass is 9.98. The minimum Gasteiger partial charge on any atom is -0.494 e. The van der Waals surface area contributed by atoms with Crippen LogP contribution in [0.1, 0.15) is 30.9 Å². The minimum atomic E-state index is -4.42. The number of sulfonamides is 1. The van der Waals surface area contributed by atoms with Gasteiger partial charge in [-0.25, -0.2) is 8.42 Å². The summed E-state index contributed by atoms with van der Waals surface area (Å²) in [5, 5.41) is 0. The number of piperidine rings is 1. The fourth-order valence-electron chi connectivity index (χ4n) is 3.42. The first kappa shape index (κ1) is 24.1. The van der Waals surface area contributed by atoms with E-state index in [-0.39, 0.29) is 24.6 Å². The van der Waals surface area contributed by atoms with E-state index in [9.17, 15) is 26.4 Å². The molecule has 0 amide bonds. The molecule has 0 spiro atoms. The van der Waals surface area contributed by atoms with Crippen molar-refractivity contribution in [2.45, 2.75) is 37.4 Å². The summed E-state index contributed by atoms with van der Waals surface area (Å²) in [5.41, 5.74) is -0.324. The number of hydrogen-bond donors (Lipinski definition) is 0. The second-order valence-electron chi connectivity index (χ2n) is 7.39. The van der Waals surface area contributed by atoms with Gasteiger partial charge in [0.2, 0.25) is 10.0 Å². The molecule has 1 saturated heterocycles. The Kier molecular flexibility index (Phi) is 7.45. The largest absolute Gasteiger partial charge is 0.494 e. The van der Waals surface area contributed by atoms with Crippen LogP contribution in [0.3, 0.4) is 0 Å². The van der Waals surface area contributed by atoms with E-state index in [2.05, 4.69) is 0 Å². The van der Waals surface area contributed by atoms with Gasteiger partial charge in [-0.3, -0.25) is 4.79 Å². The first-order valence-electron chi connectivity index (χ1n) is 10.2. The highest BCUT2D eigenvalue weighted by Crippen LogP contribution is 2.29. The maximum Gasteiger partial charge on any atom is 0.416 e. The fourth-order valence-corrected chi connectivity index (χ4v) is 4.89. The summed E-state index contributed by atoms with van der Waals surface area (Å²) < 4.78 is 75.4. The van der Waals surface area contributed by atoms with E-state index in [1.165, 1.54) is 28.6 Å². The van der Waals surface area contributed by atoms with Gasteiger partial charge in [0, 0.05) is 13.1 Å². The number of carbonyl (C=O) groups excluding carboxylic acids is 1. The normalized spacial score (nSPS) is 16.0. The predicted molar refractivity (Wildman–Crippen MR) is 110 cm³/mol. The molecule has 0 unspecified atom stereocenters. The molecule has 0 saturated carbocycles. The standard InChI is InChI=1S/C22H24F3NO5S/c1-2-30-19-7-9-20(10-8-19)32(28,29)26-13-11-17(12-14-26)21(27)31-15-16-3-5-18(6-4-16)22(23,24)25/h3-10,17H,2,11-15H2,1H3. The van der Waals surface area contributed by atoms with Gasteiger partial charge >= 0.3 is 12.1 Å². The third-order valence-electron chi connectivity index (χ3n) is 5.22. The zero-order chi connectivity index (χ0) is 23.4. The van der Waals surface area contributed by atoms with Crippen molar-refractivity contribution in [2.24, 2.45) is 5.92 Å². The van der Waals surface area contributed by atoms with Crippen LogP contribution in [0.4, 0.5) is 13.2 Å². The number of rotatable bonds is 7. The molecule has 0 atom stereocenters. The smallest absolute Gasteiger partial charge is 0.416 e. The van der Waals surface area contributed by atoms with Crippen molar-refractivity contribution in [1.82, 2.24) is 4.31 Å². The molecule has 2 aromatic rings. The van der Waals surface area contributed by atoms with E-state index in [0.29, 0.717) is 30.8 Å². The van der Waals surface area contributed by atoms with Gasteiger partial charge in [-0.1, -0.05) is 12.1 Å². The summed E-state index contributed by atoms with van der Waals surface area (Å²) in [5.74, 6) is -0.361. The van der Waals surface area contributed by atoms with Gasteiger partial charge in [0.25, 0.3) is 0 Å². The Hall–Kier alpha value is -2.59. The van der Waals surface area contributed by atoms with Crippen molar-refractivity contribution in [2.75, 3.05) is 19.7 Å². The Morgan fingerprint density at radius 2 is 1.62 bits per heavy atom. The number of ether oxygens (including phenoxy) is 2. The monoisotopic (exact) mass is 471 g/mol. The quantitative estimate of drug-likeness (QED) is 0.565. The summed E-state index contributed by atoms with van der Waals surface area (Å²) in [4.78, 5) is 12.5. The molecule has 6 nitrogen and oxygen atoms in total. The van der Waals surface area contributed by atoms with Gasteiger partial charge in [0.05, 0.1) is 23.0 Å². The Balaban J connectivity index is 1.51. The highest BCUT2D eigenvalue weighted by atomic mass is 32.2. The van der Waals surface area contributed by atoms with Crippen LogP contribution in [0.15, 0.2) is 53.4 Å². The van der Waals surface area contributed by atoms with E-state index < -0.39 is 33.7 Å². The number of benzene rings is 2. The molecule has 0 bridgehead atoms. The third-order valence-corrected chi connectivity index (χ3v) is 7.13. The van der Waals surface area contributed by atoms with Crippen LogP contribution in [0.25, 0.3) is 0 Å². The number of alkyl halides is 3. The van der Waals surface area contributed by atoms with Crippen molar-refractivity contribution in [3.8, 4) is 5.75 Å². The topological polar surface area (TPSA) is 72.9 Å². The summed E-state index contributed by atoms with van der Waals surface area (Å²) in [6, 6.07) is 10.6. The van der Waals surface area contributed by atoms with E-state index in [1.54, 1.807) is 12.1 Å². The number of carbonyl (C=O) groups is 1. The number of nitrogens with zero attached hydrogens (tertiary/aromatic N) is 1. The first-order chi connectivity index (χ1) is 15.1. The van der Waals surface area contributed by atoms with E-state index in [0.717, 1.165) is 12.1 Å². The van der Waals surface area contributed by atoms with Crippen molar-refractivity contribution >= 4 is 16.0 Å². The number of hydrogen-bond acceptors (Lipinski definition) is 5. The SMILES string of the molecule is CCOc1ccc(S(=O)(=O)N2CCC(C(=O)OCc3ccc(C(F)(F)F)cc3)CC2)cc1. The zero-order valence-electron chi connectivity index (χ0n) is 17.5. The van der Waals surface area contributed by atoms with Crippen LogP contribution in [0.5, 0.6) is 5.75 Å². The maximum absolute atomic E-state index is 12.8. The average molecular weight is 471 g/mol. The van der Waals surface area contributed by atoms with Gasteiger partial charge < -0.3 is 9.47 Å². The van der Waals surface area contributed by atoms with E-state index >= 15 is 0 Å². The Morgan fingerprint density at radius 1 is 1.03 bits per heavy atom. The van der Waals surface area contributed by atoms with Crippen molar-refractivity contribution in [3.63, 3.8) is 0 Å². The lowest BCUT2D eigenvalue weighted by molar-refractivity contribution is -0.151. The molecule has 174 valence electrons. The lowest BCUT2D eigenvalue weighted by Crippen LogP contribution is -2.40. The molecule has 1 aliphatic rings. The van der Waals surface area contributed by atoms with Crippen LogP contribution in [-0.2, 0) is 32.3 Å². The predicted octanol–water partition coefficient (Wildman–Crippen LogP) is 4.25. The zero-order valence-corrected chi connectivity index (χ0v) is 18.3. The van der Waals surface area contributed by atoms with Gasteiger partial charge in [0.1, 0.15) is 12.4 Å². The Bertz CT molecular complexity index is 1010. The van der Waals surface area contributed by atoms with Crippen molar-refractivity contribution in [3.05, 3.63) is 59.7 Å². The summed E-state index contributed by atoms with van der Waals surface area (Å²) in [6.07, 6.45) is -3.81. The molecule has 1 aliphatic heterocycles. The molecule has 2 aromatic carbocycles. The second kappa shape index (κ2) is 9.91. The van der Waals surface area contributed by atoms with Gasteiger partial charge in [-0.15, -0.1) is 0 Å². The molecule has 0 radical (unpaired) electrons. The molecule has 0 aliphatic carbocycles.